The third-order valence-electron chi connectivity index (χ3n) is 5.94. The average molecular weight is 400 g/mol. The van der Waals surface area contributed by atoms with Gasteiger partial charge in [-0.3, -0.25) is 9.36 Å². The molecule has 0 aliphatic carbocycles. The van der Waals surface area contributed by atoms with Crippen molar-refractivity contribution in [3.63, 3.8) is 0 Å². The summed E-state index contributed by atoms with van der Waals surface area (Å²) < 4.78 is 3.97. The molecule has 4 heterocycles. The van der Waals surface area contributed by atoms with Crippen LogP contribution in [0.25, 0.3) is 33.6 Å². The monoisotopic (exact) mass is 399 g/mol. The number of aryl methyl sites for hydroxylation is 1. The number of piperidine rings is 1. The van der Waals surface area contributed by atoms with Gasteiger partial charge >= 0.3 is 0 Å². The third-order valence-corrected chi connectivity index (χ3v) is 5.94. The van der Waals surface area contributed by atoms with Crippen molar-refractivity contribution < 1.29 is 0 Å². The first-order valence-electron chi connectivity index (χ1n) is 10.4. The van der Waals surface area contributed by atoms with Crippen molar-refractivity contribution in [3.05, 3.63) is 60.9 Å². The summed E-state index contributed by atoms with van der Waals surface area (Å²) >= 11 is 0. The second-order valence-corrected chi connectivity index (χ2v) is 7.83. The van der Waals surface area contributed by atoms with Crippen LogP contribution in [0.15, 0.2) is 55.2 Å². The van der Waals surface area contributed by atoms with Crippen LogP contribution in [-0.4, -0.2) is 42.6 Å². The highest BCUT2D eigenvalue weighted by Gasteiger charge is 2.16. The fourth-order valence-electron chi connectivity index (χ4n) is 3.99. The Morgan fingerprint density at radius 2 is 1.67 bits per heavy atom. The van der Waals surface area contributed by atoms with Crippen LogP contribution in [0, 0.1) is 6.92 Å². The first-order chi connectivity index (χ1) is 14.7. The van der Waals surface area contributed by atoms with Crippen molar-refractivity contribution in [2.24, 2.45) is 7.05 Å². The Bertz CT molecular complexity index is 1150. The second kappa shape index (κ2) is 7.84. The van der Waals surface area contributed by atoms with E-state index in [9.17, 15) is 0 Å². The first-order valence-corrected chi connectivity index (χ1v) is 10.4. The van der Waals surface area contributed by atoms with E-state index in [0.717, 1.165) is 59.4 Å². The predicted octanol–water partition coefficient (Wildman–Crippen LogP) is 3.64. The standard InChI is InChI=1S/C23H25N7/c1-16-22(14-27-29(16)2)17-4-3-5-18(10-17)23-25-11-19(12-26-23)20-13-28-30(15-20)21-6-8-24-9-7-21/h3-5,10-15,21,24H,6-9H2,1-2H3. The number of hydrogen-bond donors (Lipinski definition) is 1. The lowest BCUT2D eigenvalue weighted by molar-refractivity contribution is 0.343. The second-order valence-electron chi connectivity index (χ2n) is 7.83. The maximum atomic E-state index is 4.63. The molecule has 1 fully saturated rings. The summed E-state index contributed by atoms with van der Waals surface area (Å²) in [4.78, 5) is 9.26. The summed E-state index contributed by atoms with van der Waals surface area (Å²) in [6.07, 6.45) is 11.9. The molecule has 4 aromatic rings. The highest BCUT2D eigenvalue weighted by Crippen LogP contribution is 2.28. The zero-order valence-electron chi connectivity index (χ0n) is 17.3. The summed E-state index contributed by atoms with van der Waals surface area (Å²) in [5.74, 6) is 0.716. The predicted molar refractivity (Wildman–Crippen MR) is 117 cm³/mol. The van der Waals surface area contributed by atoms with Gasteiger partial charge in [-0.2, -0.15) is 10.2 Å². The summed E-state index contributed by atoms with van der Waals surface area (Å²) in [5, 5.41) is 12.3. The van der Waals surface area contributed by atoms with Gasteiger partial charge in [-0.15, -0.1) is 0 Å². The van der Waals surface area contributed by atoms with Gasteiger partial charge in [0, 0.05) is 53.6 Å². The summed E-state index contributed by atoms with van der Waals surface area (Å²) in [6, 6.07) is 8.76. The lowest BCUT2D eigenvalue weighted by Gasteiger charge is -2.22. The molecule has 0 spiro atoms. The van der Waals surface area contributed by atoms with E-state index < -0.39 is 0 Å². The molecule has 0 radical (unpaired) electrons. The molecule has 3 aromatic heterocycles. The van der Waals surface area contributed by atoms with Crippen molar-refractivity contribution in [1.82, 2.24) is 34.8 Å². The Morgan fingerprint density at radius 1 is 0.900 bits per heavy atom. The molecule has 1 aliphatic heterocycles. The Labute approximate surface area is 175 Å². The Balaban J connectivity index is 1.38. The highest BCUT2D eigenvalue weighted by atomic mass is 15.3. The maximum absolute atomic E-state index is 4.63. The van der Waals surface area contributed by atoms with Gasteiger partial charge in [-0.05, 0) is 44.5 Å². The van der Waals surface area contributed by atoms with Gasteiger partial charge in [-0.1, -0.05) is 18.2 Å². The van der Waals surface area contributed by atoms with E-state index in [2.05, 4.69) is 55.4 Å². The van der Waals surface area contributed by atoms with Crippen molar-refractivity contribution in [2.75, 3.05) is 13.1 Å². The first kappa shape index (κ1) is 18.7. The molecule has 0 amide bonds. The number of hydrogen-bond acceptors (Lipinski definition) is 5. The van der Waals surface area contributed by atoms with Gasteiger partial charge in [0.2, 0.25) is 0 Å². The summed E-state index contributed by atoms with van der Waals surface area (Å²) in [5.41, 5.74) is 6.41. The number of benzene rings is 1. The van der Waals surface area contributed by atoms with E-state index in [1.807, 2.05) is 48.6 Å². The molecule has 152 valence electrons. The molecule has 7 nitrogen and oxygen atoms in total. The molecular weight excluding hydrogens is 374 g/mol. The summed E-state index contributed by atoms with van der Waals surface area (Å²) in [7, 11) is 1.96. The van der Waals surface area contributed by atoms with Crippen LogP contribution in [0.5, 0.6) is 0 Å². The van der Waals surface area contributed by atoms with Crippen molar-refractivity contribution in [2.45, 2.75) is 25.8 Å². The molecule has 1 N–H and O–H groups in total. The Kier molecular flexibility index (Phi) is 4.88. The minimum Gasteiger partial charge on any atom is -0.317 e. The van der Waals surface area contributed by atoms with Gasteiger partial charge in [-0.25, -0.2) is 9.97 Å². The van der Waals surface area contributed by atoms with E-state index in [4.69, 9.17) is 0 Å². The Morgan fingerprint density at radius 3 is 2.40 bits per heavy atom. The van der Waals surface area contributed by atoms with Crippen LogP contribution in [0.4, 0.5) is 0 Å². The van der Waals surface area contributed by atoms with E-state index >= 15 is 0 Å². The number of rotatable bonds is 4. The summed E-state index contributed by atoms with van der Waals surface area (Å²) in [6.45, 7) is 4.18. The van der Waals surface area contributed by atoms with Crippen LogP contribution in [0.2, 0.25) is 0 Å². The van der Waals surface area contributed by atoms with Gasteiger partial charge in [0.05, 0.1) is 18.4 Å². The molecule has 1 aliphatic rings. The van der Waals surface area contributed by atoms with Crippen LogP contribution in [-0.2, 0) is 7.05 Å². The third kappa shape index (κ3) is 3.52. The van der Waals surface area contributed by atoms with Gasteiger partial charge in [0.25, 0.3) is 0 Å². The van der Waals surface area contributed by atoms with Crippen molar-refractivity contribution >= 4 is 0 Å². The zero-order valence-corrected chi connectivity index (χ0v) is 17.3. The minimum atomic E-state index is 0.471. The molecule has 0 saturated carbocycles. The molecule has 30 heavy (non-hydrogen) atoms. The van der Waals surface area contributed by atoms with Crippen LogP contribution in [0.3, 0.4) is 0 Å². The highest BCUT2D eigenvalue weighted by molar-refractivity contribution is 5.71. The largest absolute Gasteiger partial charge is 0.317 e. The van der Waals surface area contributed by atoms with E-state index in [-0.39, 0.29) is 0 Å². The van der Waals surface area contributed by atoms with Crippen LogP contribution >= 0.6 is 0 Å². The van der Waals surface area contributed by atoms with Gasteiger partial charge in [0.1, 0.15) is 0 Å². The topological polar surface area (TPSA) is 73.5 Å². The molecule has 0 bridgehead atoms. The average Bonchev–Trinajstić information content (AvgIpc) is 3.42. The van der Waals surface area contributed by atoms with Gasteiger partial charge in [0.15, 0.2) is 5.82 Å². The molecule has 5 rings (SSSR count). The molecule has 0 atom stereocenters. The fourth-order valence-corrected chi connectivity index (χ4v) is 3.99. The lowest BCUT2D eigenvalue weighted by Crippen LogP contribution is -2.29. The zero-order chi connectivity index (χ0) is 20.5. The van der Waals surface area contributed by atoms with Crippen molar-refractivity contribution in [3.8, 4) is 33.6 Å². The smallest absolute Gasteiger partial charge is 0.159 e. The Hall–Kier alpha value is -3.32. The quantitative estimate of drug-likeness (QED) is 0.567. The van der Waals surface area contributed by atoms with E-state index in [1.54, 1.807) is 0 Å². The van der Waals surface area contributed by atoms with E-state index in [1.165, 1.54) is 0 Å². The molecule has 7 heteroatoms. The molecule has 1 aromatic carbocycles. The molecular formula is C23H25N7. The van der Waals surface area contributed by atoms with Gasteiger partial charge < -0.3 is 5.32 Å². The fraction of sp³-hybridized carbons (Fsp3) is 0.304. The lowest BCUT2D eigenvalue weighted by atomic mass is 10.0. The molecule has 0 unspecified atom stereocenters. The van der Waals surface area contributed by atoms with Crippen molar-refractivity contribution in [1.29, 1.82) is 0 Å². The number of nitrogens with one attached hydrogen (secondary N) is 1. The normalized spacial score (nSPS) is 14.9. The van der Waals surface area contributed by atoms with Crippen LogP contribution in [0.1, 0.15) is 24.6 Å². The molecule has 1 saturated heterocycles. The number of nitrogens with zero attached hydrogens (tertiary/aromatic N) is 6. The number of aromatic nitrogens is 6. The SMILES string of the molecule is Cc1c(-c2cccc(-c3ncc(-c4cnn(C5CCNCC5)c4)cn3)c2)cnn1C. The minimum absolute atomic E-state index is 0.471. The van der Waals surface area contributed by atoms with Crippen LogP contribution < -0.4 is 5.32 Å². The van der Waals surface area contributed by atoms with E-state index in [0.29, 0.717) is 11.9 Å². The maximum Gasteiger partial charge on any atom is 0.159 e.